The lowest BCUT2D eigenvalue weighted by atomic mass is 10.1. The van der Waals surface area contributed by atoms with Crippen LogP contribution in [0, 0.1) is 0 Å². The number of ether oxygens (including phenoxy) is 1. The molecule has 1 aliphatic rings. The van der Waals surface area contributed by atoms with E-state index in [-0.39, 0.29) is 24.0 Å². The average molecular weight is 355 g/mol. The molecule has 1 rings (SSSR count). The molecule has 1 unspecified atom stereocenters. The number of hydrogen-bond acceptors (Lipinski definition) is 2. The normalized spacial score (nSPS) is 20.8. The molecule has 3 N–H and O–H groups in total. The third kappa shape index (κ3) is 8.65. The number of guanidine groups is 1. The first-order valence-corrected chi connectivity index (χ1v) is 6.48. The number of rotatable bonds is 6. The van der Waals surface area contributed by atoms with E-state index in [0.29, 0.717) is 12.1 Å². The molecule has 1 atom stereocenters. The van der Waals surface area contributed by atoms with Crippen LogP contribution in [0.4, 0.5) is 0 Å². The van der Waals surface area contributed by atoms with Gasteiger partial charge >= 0.3 is 0 Å². The van der Waals surface area contributed by atoms with Crippen LogP contribution >= 0.6 is 24.0 Å². The minimum Gasteiger partial charge on any atom is -0.378 e. The Morgan fingerprint density at radius 1 is 1.47 bits per heavy atom. The van der Waals surface area contributed by atoms with Crippen LogP contribution in [0.25, 0.3) is 0 Å². The van der Waals surface area contributed by atoms with Crippen molar-refractivity contribution >= 4 is 29.9 Å². The Balaban J connectivity index is 0.00000256. The summed E-state index contributed by atoms with van der Waals surface area (Å²) in [4.78, 5) is 4.24. The summed E-state index contributed by atoms with van der Waals surface area (Å²) in [5, 5.41) is 3.14. The molecule has 0 aliphatic carbocycles. The number of nitrogens with zero attached hydrogens (tertiary/aromatic N) is 1. The van der Waals surface area contributed by atoms with Gasteiger partial charge < -0.3 is 15.8 Å². The van der Waals surface area contributed by atoms with Crippen LogP contribution in [0.3, 0.4) is 0 Å². The Labute approximate surface area is 122 Å². The van der Waals surface area contributed by atoms with Gasteiger partial charge in [0.1, 0.15) is 0 Å². The number of nitrogens with one attached hydrogen (secondary N) is 1. The molecule has 1 saturated heterocycles. The SMILES string of the molecule is CCCCN=C(N)NCCC1CCCCO1.I. The first-order chi connectivity index (χ1) is 7.83. The fraction of sp³-hybridized carbons (Fsp3) is 0.917. The van der Waals surface area contributed by atoms with Crippen molar-refractivity contribution in [2.45, 2.75) is 51.6 Å². The quantitative estimate of drug-likeness (QED) is 0.333. The van der Waals surface area contributed by atoms with Gasteiger partial charge in [-0.3, -0.25) is 4.99 Å². The van der Waals surface area contributed by atoms with E-state index in [1.54, 1.807) is 0 Å². The molecule has 5 heteroatoms. The predicted octanol–water partition coefficient (Wildman–Crippen LogP) is 2.27. The van der Waals surface area contributed by atoms with Crippen LogP contribution in [0.1, 0.15) is 45.4 Å². The van der Waals surface area contributed by atoms with E-state index in [1.165, 1.54) is 19.3 Å². The Kier molecular flexibility index (Phi) is 11.0. The van der Waals surface area contributed by atoms with Crippen LogP contribution in [-0.4, -0.2) is 31.8 Å². The van der Waals surface area contributed by atoms with Gasteiger partial charge in [-0.2, -0.15) is 0 Å². The highest BCUT2D eigenvalue weighted by molar-refractivity contribution is 14.0. The molecule has 0 radical (unpaired) electrons. The van der Waals surface area contributed by atoms with Crippen molar-refractivity contribution in [3.8, 4) is 0 Å². The number of hydrogen-bond donors (Lipinski definition) is 2. The van der Waals surface area contributed by atoms with Crippen LogP contribution < -0.4 is 11.1 Å². The topological polar surface area (TPSA) is 59.6 Å². The largest absolute Gasteiger partial charge is 0.378 e. The molecule has 0 aromatic heterocycles. The molecular weight excluding hydrogens is 329 g/mol. The minimum atomic E-state index is 0. The van der Waals surface area contributed by atoms with Gasteiger partial charge in [0.25, 0.3) is 0 Å². The zero-order valence-electron chi connectivity index (χ0n) is 10.8. The maximum absolute atomic E-state index is 5.73. The lowest BCUT2D eigenvalue weighted by Gasteiger charge is -2.22. The lowest BCUT2D eigenvalue weighted by Crippen LogP contribution is -2.34. The maximum Gasteiger partial charge on any atom is 0.188 e. The number of aliphatic imine (C=N–C) groups is 1. The molecule has 1 heterocycles. The van der Waals surface area contributed by atoms with Gasteiger partial charge in [0.05, 0.1) is 6.10 Å². The molecule has 0 amide bonds. The van der Waals surface area contributed by atoms with Crippen molar-refractivity contribution < 1.29 is 4.74 Å². The van der Waals surface area contributed by atoms with E-state index in [9.17, 15) is 0 Å². The van der Waals surface area contributed by atoms with E-state index in [2.05, 4.69) is 17.2 Å². The van der Waals surface area contributed by atoms with E-state index in [4.69, 9.17) is 10.5 Å². The molecule has 0 saturated carbocycles. The van der Waals surface area contributed by atoms with Crippen LogP contribution in [0.15, 0.2) is 4.99 Å². The molecule has 1 aliphatic heterocycles. The van der Waals surface area contributed by atoms with E-state index in [0.717, 1.165) is 39.0 Å². The Morgan fingerprint density at radius 2 is 2.29 bits per heavy atom. The molecule has 17 heavy (non-hydrogen) atoms. The molecule has 4 nitrogen and oxygen atoms in total. The van der Waals surface area contributed by atoms with Gasteiger partial charge in [0.2, 0.25) is 0 Å². The van der Waals surface area contributed by atoms with Crippen LogP contribution in [0.2, 0.25) is 0 Å². The summed E-state index contributed by atoms with van der Waals surface area (Å²) < 4.78 is 5.64. The van der Waals surface area contributed by atoms with Gasteiger partial charge in [-0.05, 0) is 32.1 Å². The van der Waals surface area contributed by atoms with Gasteiger partial charge in [-0.1, -0.05) is 13.3 Å². The summed E-state index contributed by atoms with van der Waals surface area (Å²) in [6.07, 6.45) is 7.42. The lowest BCUT2D eigenvalue weighted by molar-refractivity contribution is 0.0122. The van der Waals surface area contributed by atoms with Crippen molar-refractivity contribution in [1.82, 2.24) is 5.32 Å². The van der Waals surface area contributed by atoms with Crippen molar-refractivity contribution in [2.75, 3.05) is 19.7 Å². The fourth-order valence-corrected chi connectivity index (χ4v) is 1.81. The highest BCUT2D eigenvalue weighted by Crippen LogP contribution is 2.14. The predicted molar refractivity (Wildman–Crippen MR) is 83.0 cm³/mol. The third-order valence-corrected chi connectivity index (χ3v) is 2.84. The summed E-state index contributed by atoms with van der Waals surface area (Å²) in [6.45, 7) is 4.77. The molecule has 0 bridgehead atoms. The molecule has 0 spiro atoms. The first kappa shape index (κ1) is 17.0. The number of unbranched alkanes of at least 4 members (excludes halogenated alkanes) is 1. The first-order valence-electron chi connectivity index (χ1n) is 6.48. The van der Waals surface area contributed by atoms with E-state index < -0.39 is 0 Å². The Bertz CT molecular complexity index is 206. The Hall–Kier alpha value is -0.0400. The standard InChI is InChI=1S/C12H25N3O.HI/c1-2-3-8-14-12(13)15-9-7-11-6-4-5-10-16-11;/h11H,2-10H2,1H3,(H3,13,14,15);1H. The Morgan fingerprint density at radius 3 is 2.94 bits per heavy atom. The summed E-state index contributed by atoms with van der Waals surface area (Å²) in [6, 6.07) is 0. The highest BCUT2D eigenvalue weighted by Gasteiger charge is 2.12. The van der Waals surface area contributed by atoms with Gasteiger partial charge in [0.15, 0.2) is 5.96 Å². The minimum absolute atomic E-state index is 0. The van der Waals surface area contributed by atoms with Gasteiger partial charge in [-0.15, -0.1) is 24.0 Å². The summed E-state index contributed by atoms with van der Waals surface area (Å²) in [7, 11) is 0. The number of nitrogens with two attached hydrogens (primary N) is 1. The van der Waals surface area contributed by atoms with Crippen LogP contribution in [-0.2, 0) is 4.74 Å². The van der Waals surface area contributed by atoms with Crippen molar-refractivity contribution in [3.05, 3.63) is 0 Å². The van der Waals surface area contributed by atoms with Crippen LogP contribution in [0.5, 0.6) is 0 Å². The second-order valence-corrected chi connectivity index (χ2v) is 4.32. The second-order valence-electron chi connectivity index (χ2n) is 4.32. The van der Waals surface area contributed by atoms with Gasteiger partial charge in [0, 0.05) is 19.7 Å². The average Bonchev–Trinajstić information content (AvgIpc) is 2.31. The zero-order valence-corrected chi connectivity index (χ0v) is 13.1. The molecule has 102 valence electrons. The molecule has 0 aromatic carbocycles. The van der Waals surface area contributed by atoms with Gasteiger partial charge in [-0.25, -0.2) is 0 Å². The zero-order chi connectivity index (χ0) is 11.6. The summed E-state index contributed by atoms with van der Waals surface area (Å²) in [5.41, 5.74) is 5.73. The third-order valence-electron chi connectivity index (χ3n) is 2.84. The molecule has 0 aromatic rings. The second kappa shape index (κ2) is 11.1. The maximum atomic E-state index is 5.73. The smallest absolute Gasteiger partial charge is 0.188 e. The monoisotopic (exact) mass is 355 g/mol. The van der Waals surface area contributed by atoms with Crippen molar-refractivity contribution in [3.63, 3.8) is 0 Å². The fourth-order valence-electron chi connectivity index (χ4n) is 1.81. The van der Waals surface area contributed by atoms with Crippen molar-refractivity contribution in [2.24, 2.45) is 10.7 Å². The van der Waals surface area contributed by atoms with Crippen molar-refractivity contribution in [1.29, 1.82) is 0 Å². The number of halogens is 1. The summed E-state index contributed by atoms with van der Waals surface area (Å²) in [5.74, 6) is 0.573. The van der Waals surface area contributed by atoms with E-state index in [1.807, 2.05) is 0 Å². The molecule has 1 fully saturated rings. The summed E-state index contributed by atoms with van der Waals surface area (Å²) >= 11 is 0. The molecular formula is C12H26IN3O. The van der Waals surface area contributed by atoms with E-state index >= 15 is 0 Å². The highest BCUT2D eigenvalue weighted by atomic mass is 127.